The van der Waals surface area contributed by atoms with Crippen LogP contribution < -0.4 is 20.3 Å². The number of carbonyl (C=O) groups excluding carboxylic acids is 3. The molecule has 5 rings (SSSR count). The molecule has 11 heteroatoms. The molecule has 8 nitrogen and oxygen atoms in total. The number of nitrogens with zero attached hydrogens (tertiary/aromatic N) is 1. The average molecular weight is 501 g/mol. The zero-order valence-electron chi connectivity index (χ0n) is 17.0. The van der Waals surface area contributed by atoms with E-state index >= 15 is 0 Å². The molecule has 2 aromatic carbocycles. The number of halogens is 1. The largest absolute Gasteiger partial charge is 0.384 e. The van der Waals surface area contributed by atoms with Crippen LogP contribution in [0.5, 0.6) is 0 Å². The maximum absolute atomic E-state index is 13.1. The summed E-state index contributed by atoms with van der Waals surface area (Å²) in [5.74, 6) is -0.673. The predicted molar refractivity (Wildman–Crippen MR) is 128 cm³/mol. The molecule has 0 bridgehead atoms. The minimum absolute atomic E-state index is 0.136. The number of carbonyl (C=O) groups is 3. The molecule has 2 aliphatic rings. The molecule has 3 heterocycles. The Morgan fingerprint density at radius 2 is 1.88 bits per heavy atom. The van der Waals surface area contributed by atoms with Crippen molar-refractivity contribution >= 4 is 68.8 Å². The number of fused-ring (bicyclic) bond motifs is 2. The minimum atomic E-state index is -1.74. The number of imide groups is 1. The van der Waals surface area contributed by atoms with Gasteiger partial charge in [0.15, 0.2) is 11.0 Å². The zero-order valence-corrected chi connectivity index (χ0v) is 19.4. The summed E-state index contributed by atoms with van der Waals surface area (Å²) in [5, 5.41) is 5.85. The second-order valence-electron chi connectivity index (χ2n) is 7.48. The third-order valence-corrected chi connectivity index (χ3v) is 7.97. The Morgan fingerprint density at radius 3 is 2.61 bits per heavy atom. The highest BCUT2D eigenvalue weighted by Gasteiger charge is 2.33. The van der Waals surface area contributed by atoms with Crippen molar-refractivity contribution in [1.82, 2.24) is 4.72 Å². The van der Waals surface area contributed by atoms with Crippen LogP contribution in [0.2, 0.25) is 4.34 Å². The number of hydrogen-bond donors (Lipinski definition) is 3. The van der Waals surface area contributed by atoms with Crippen molar-refractivity contribution in [2.24, 2.45) is 0 Å². The fraction of sp³-hybridized carbons (Fsp3) is 0.136. The van der Waals surface area contributed by atoms with Gasteiger partial charge in [0.2, 0.25) is 5.91 Å². The van der Waals surface area contributed by atoms with Crippen molar-refractivity contribution in [2.75, 3.05) is 22.1 Å². The van der Waals surface area contributed by atoms with Gasteiger partial charge in [0, 0.05) is 23.5 Å². The van der Waals surface area contributed by atoms with Crippen molar-refractivity contribution < 1.29 is 18.6 Å². The summed E-state index contributed by atoms with van der Waals surface area (Å²) in [5.41, 5.74) is 4.15. The predicted octanol–water partition coefficient (Wildman–Crippen LogP) is 3.94. The Morgan fingerprint density at radius 1 is 1.09 bits per heavy atom. The Labute approximate surface area is 200 Å². The first-order valence-electron chi connectivity index (χ1n) is 10.0. The van der Waals surface area contributed by atoms with Gasteiger partial charge in [-0.15, -0.1) is 11.3 Å². The van der Waals surface area contributed by atoms with Crippen LogP contribution in [0.4, 0.5) is 21.9 Å². The van der Waals surface area contributed by atoms with Crippen LogP contribution in [-0.4, -0.2) is 28.6 Å². The molecular weight excluding hydrogens is 484 g/mol. The van der Waals surface area contributed by atoms with E-state index in [1.807, 2.05) is 12.1 Å². The number of anilines is 3. The first-order chi connectivity index (χ1) is 15.9. The molecule has 33 heavy (non-hydrogen) atoms. The summed E-state index contributed by atoms with van der Waals surface area (Å²) in [6, 6.07) is 12.6. The first kappa shape index (κ1) is 21.6. The smallest absolute Gasteiger partial charge is 0.331 e. The van der Waals surface area contributed by atoms with E-state index in [1.165, 1.54) is 0 Å². The second-order valence-corrected chi connectivity index (χ2v) is 10.6. The molecule has 1 aromatic heterocycles. The molecule has 168 valence electrons. The Balaban J connectivity index is 1.29. The van der Waals surface area contributed by atoms with Crippen LogP contribution in [0.1, 0.15) is 21.5 Å². The molecule has 3 N–H and O–H groups in total. The molecule has 0 radical (unpaired) electrons. The molecule has 0 aliphatic carbocycles. The highest BCUT2D eigenvalue weighted by molar-refractivity contribution is 7.86. The SMILES string of the molecule is O=C(Nc1ccc(N2C(=O)Cc3cc4c(cc3C2=O)CCN4)cc1)NS(=O)c1ccc(Cl)s1. The molecule has 1 atom stereocenters. The van der Waals surface area contributed by atoms with Crippen molar-refractivity contribution in [1.29, 1.82) is 0 Å². The lowest BCUT2D eigenvalue weighted by molar-refractivity contribution is -0.117. The van der Waals surface area contributed by atoms with Gasteiger partial charge in [0.05, 0.1) is 16.4 Å². The van der Waals surface area contributed by atoms with Gasteiger partial charge in [-0.2, -0.15) is 0 Å². The average Bonchev–Trinajstić information content (AvgIpc) is 3.42. The summed E-state index contributed by atoms with van der Waals surface area (Å²) in [6.45, 7) is 0.820. The molecule has 0 saturated heterocycles. The lowest BCUT2D eigenvalue weighted by Crippen LogP contribution is -2.42. The molecule has 0 spiro atoms. The molecular formula is C22H17ClN4O4S2. The quantitative estimate of drug-likeness (QED) is 0.470. The van der Waals surface area contributed by atoms with Gasteiger partial charge in [-0.25, -0.2) is 13.9 Å². The van der Waals surface area contributed by atoms with Crippen molar-refractivity contribution in [3.8, 4) is 0 Å². The second kappa shape index (κ2) is 8.62. The standard InChI is InChI=1S/C22H17ClN4O4S2/c23-18-5-6-20(32-18)33(31)26-22(30)25-14-1-3-15(4-2-14)27-19(28)11-13-10-17-12(7-8-24-17)9-16(13)21(27)29/h1-6,9-10,24H,7-8,11H2,(H2,25,26,30). The lowest BCUT2D eigenvalue weighted by Gasteiger charge is -2.27. The van der Waals surface area contributed by atoms with Crippen LogP contribution in [0.25, 0.3) is 0 Å². The summed E-state index contributed by atoms with van der Waals surface area (Å²) in [7, 11) is -1.74. The Hall–Kier alpha value is -3.21. The number of rotatable bonds is 4. The normalized spacial score (nSPS) is 15.5. The summed E-state index contributed by atoms with van der Waals surface area (Å²) in [6.07, 6.45) is 0.980. The van der Waals surface area contributed by atoms with E-state index < -0.39 is 17.0 Å². The zero-order chi connectivity index (χ0) is 23.1. The van der Waals surface area contributed by atoms with E-state index in [0.717, 1.165) is 46.0 Å². The number of nitrogens with one attached hydrogen (secondary N) is 3. The van der Waals surface area contributed by atoms with Gasteiger partial charge in [-0.3, -0.25) is 14.3 Å². The summed E-state index contributed by atoms with van der Waals surface area (Å²) >= 11 is 6.94. The summed E-state index contributed by atoms with van der Waals surface area (Å²) < 4.78 is 15.4. The van der Waals surface area contributed by atoms with Gasteiger partial charge in [0.25, 0.3) is 5.91 Å². The van der Waals surface area contributed by atoms with E-state index in [2.05, 4.69) is 15.4 Å². The Kier molecular flexibility index (Phi) is 5.65. The first-order valence-corrected chi connectivity index (χ1v) is 12.4. The highest BCUT2D eigenvalue weighted by Crippen LogP contribution is 2.32. The van der Waals surface area contributed by atoms with E-state index in [0.29, 0.717) is 25.5 Å². The fourth-order valence-corrected chi connectivity index (χ4v) is 5.98. The highest BCUT2D eigenvalue weighted by atomic mass is 35.5. The fourth-order valence-electron chi connectivity index (χ4n) is 3.86. The van der Waals surface area contributed by atoms with E-state index in [1.54, 1.807) is 36.4 Å². The molecule has 4 amide bonds. The van der Waals surface area contributed by atoms with Gasteiger partial charge in [-0.1, -0.05) is 11.6 Å². The number of benzene rings is 2. The molecule has 2 aliphatic heterocycles. The van der Waals surface area contributed by atoms with Crippen molar-refractivity contribution in [3.63, 3.8) is 0 Å². The van der Waals surface area contributed by atoms with Gasteiger partial charge < -0.3 is 10.6 Å². The molecule has 3 aromatic rings. The third-order valence-electron chi connectivity index (χ3n) is 5.36. The van der Waals surface area contributed by atoms with Crippen LogP contribution in [0.15, 0.2) is 52.7 Å². The number of amides is 4. The summed E-state index contributed by atoms with van der Waals surface area (Å²) in [4.78, 5) is 39.2. The van der Waals surface area contributed by atoms with Crippen LogP contribution >= 0.6 is 22.9 Å². The molecule has 1 unspecified atom stereocenters. The third kappa shape index (κ3) is 4.24. The lowest BCUT2D eigenvalue weighted by atomic mass is 9.94. The van der Waals surface area contributed by atoms with Crippen molar-refractivity contribution in [3.05, 3.63) is 69.6 Å². The number of thiophene rings is 1. The van der Waals surface area contributed by atoms with E-state index in [-0.39, 0.29) is 18.2 Å². The maximum atomic E-state index is 13.1. The Bertz CT molecular complexity index is 1320. The van der Waals surface area contributed by atoms with Gasteiger partial charge in [-0.05, 0) is 66.1 Å². The molecule has 0 saturated carbocycles. The van der Waals surface area contributed by atoms with E-state index in [4.69, 9.17) is 11.6 Å². The minimum Gasteiger partial charge on any atom is -0.384 e. The van der Waals surface area contributed by atoms with Crippen LogP contribution in [-0.2, 0) is 28.6 Å². The molecule has 0 fully saturated rings. The topological polar surface area (TPSA) is 108 Å². The van der Waals surface area contributed by atoms with Crippen molar-refractivity contribution in [2.45, 2.75) is 17.1 Å². The van der Waals surface area contributed by atoms with Gasteiger partial charge >= 0.3 is 6.03 Å². The van der Waals surface area contributed by atoms with Crippen LogP contribution in [0, 0.1) is 0 Å². The maximum Gasteiger partial charge on any atom is 0.331 e. The monoisotopic (exact) mass is 500 g/mol. The van der Waals surface area contributed by atoms with Crippen LogP contribution in [0.3, 0.4) is 0 Å². The number of urea groups is 1. The van der Waals surface area contributed by atoms with E-state index in [9.17, 15) is 18.6 Å². The van der Waals surface area contributed by atoms with Gasteiger partial charge in [0.1, 0.15) is 4.21 Å². The number of hydrogen-bond acceptors (Lipinski definition) is 6.